The number of hydrogen-bond acceptors (Lipinski definition) is 1. The molecule has 1 atom stereocenters. The summed E-state index contributed by atoms with van der Waals surface area (Å²) in [7, 11) is 0. The van der Waals surface area contributed by atoms with Gasteiger partial charge in [-0.05, 0) is 65.2 Å². The van der Waals surface area contributed by atoms with Crippen molar-refractivity contribution >= 4 is 21.6 Å². The Morgan fingerprint density at radius 3 is 2.42 bits per heavy atom. The second-order valence-corrected chi connectivity index (χ2v) is 5.38. The van der Waals surface area contributed by atoms with Crippen LogP contribution >= 0.6 is 15.9 Å². The van der Waals surface area contributed by atoms with E-state index in [1.165, 1.54) is 6.07 Å². The molecule has 100 valence electrons. The molecule has 0 amide bonds. The molecule has 0 saturated carbocycles. The zero-order chi connectivity index (χ0) is 14.0. The highest BCUT2D eigenvalue weighted by atomic mass is 79.9. The van der Waals surface area contributed by atoms with Crippen LogP contribution in [0.15, 0.2) is 40.9 Å². The maximum Gasteiger partial charge on any atom is 0.159 e. The zero-order valence-electron chi connectivity index (χ0n) is 10.7. The van der Waals surface area contributed by atoms with Gasteiger partial charge in [-0.15, -0.1) is 0 Å². The summed E-state index contributed by atoms with van der Waals surface area (Å²) < 4.78 is 27.0. The number of aryl methyl sites for hydroxylation is 1. The Kier molecular flexibility index (Phi) is 4.20. The van der Waals surface area contributed by atoms with Gasteiger partial charge < -0.3 is 5.32 Å². The normalized spacial score (nSPS) is 12.3. The van der Waals surface area contributed by atoms with Crippen molar-refractivity contribution in [1.82, 2.24) is 0 Å². The van der Waals surface area contributed by atoms with Crippen molar-refractivity contribution in [2.75, 3.05) is 5.32 Å². The van der Waals surface area contributed by atoms with E-state index in [1.54, 1.807) is 6.07 Å². The maximum atomic E-state index is 13.2. The maximum absolute atomic E-state index is 13.2. The number of halogens is 3. The first-order chi connectivity index (χ1) is 8.97. The van der Waals surface area contributed by atoms with Gasteiger partial charge in [0.2, 0.25) is 0 Å². The highest BCUT2D eigenvalue weighted by molar-refractivity contribution is 9.10. The molecule has 0 aliphatic heterocycles. The topological polar surface area (TPSA) is 12.0 Å². The zero-order valence-corrected chi connectivity index (χ0v) is 12.3. The molecule has 0 spiro atoms. The van der Waals surface area contributed by atoms with Crippen molar-refractivity contribution in [2.24, 2.45) is 0 Å². The summed E-state index contributed by atoms with van der Waals surface area (Å²) >= 11 is 3.48. The standard InChI is InChI=1S/C15H14BrF2N/c1-9-3-6-15(12(16)7-9)19-10(2)11-4-5-13(17)14(18)8-11/h3-8,10,19H,1-2H3. The summed E-state index contributed by atoms with van der Waals surface area (Å²) in [5.74, 6) is -1.65. The third kappa shape index (κ3) is 3.32. The molecule has 19 heavy (non-hydrogen) atoms. The molecule has 2 aromatic rings. The molecule has 0 saturated heterocycles. The first-order valence-corrected chi connectivity index (χ1v) is 6.74. The summed E-state index contributed by atoms with van der Waals surface area (Å²) in [5, 5.41) is 3.26. The molecule has 0 fully saturated rings. The second-order valence-electron chi connectivity index (χ2n) is 4.52. The molecular weight excluding hydrogens is 312 g/mol. The summed E-state index contributed by atoms with van der Waals surface area (Å²) in [6.07, 6.45) is 0. The molecule has 4 heteroatoms. The molecule has 1 nitrogen and oxygen atoms in total. The molecule has 0 radical (unpaired) electrons. The monoisotopic (exact) mass is 325 g/mol. The Morgan fingerprint density at radius 2 is 1.79 bits per heavy atom. The summed E-state index contributed by atoms with van der Waals surface area (Å²) in [5.41, 5.74) is 2.77. The van der Waals surface area contributed by atoms with Crippen LogP contribution in [-0.2, 0) is 0 Å². The molecule has 0 aromatic heterocycles. The SMILES string of the molecule is Cc1ccc(NC(C)c2ccc(F)c(F)c2)c(Br)c1. The highest BCUT2D eigenvalue weighted by Crippen LogP contribution is 2.27. The molecule has 1 unspecified atom stereocenters. The Hall–Kier alpha value is -1.42. The average Bonchev–Trinajstić information content (AvgIpc) is 2.36. The minimum absolute atomic E-state index is 0.117. The minimum Gasteiger partial charge on any atom is -0.378 e. The van der Waals surface area contributed by atoms with Gasteiger partial charge in [0, 0.05) is 16.2 Å². The Balaban J connectivity index is 2.20. The van der Waals surface area contributed by atoms with Gasteiger partial charge in [-0.3, -0.25) is 0 Å². The van der Waals surface area contributed by atoms with E-state index in [0.717, 1.165) is 21.8 Å². The third-order valence-corrected chi connectivity index (χ3v) is 3.60. The van der Waals surface area contributed by atoms with E-state index in [9.17, 15) is 8.78 Å². The van der Waals surface area contributed by atoms with Crippen LogP contribution < -0.4 is 5.32 Å². The van der Waals surface area contributed by atoms with Crippen LogP contribution in [0.5, 0.6) is 0 Å². The van der Waals surface area contributed by atoms with Crippen molar-refractivity contribution in [2.45, 2.75) is 19.9 Å². The van der Waals surface area contributed by atoms with E-state index in [-0.39, 0.29) is 6.04 Å². The largest absolute Gasteiger partial charge is 0.378 e. The summed E-state index contributed by atoms with van der Waals surface area (Å²) in [6.45, 7) is 3.91. The average molecular weight is 326 g/mol. The lowest BCUT2D eigenvalue weighted by atomic mass is 10.1. The fourth-order valence-corrected chi connectivity index (χ4v) is 2.44. The molecule has 1 N–H and O–H groups in total. The highest BCUT2D eigenvalue weighted by Gasteiger charge is 2.10. The summed E-state index contributed by atoms with van der Waals surface area (Å²) in [4.78, 5) is 0. The van der Waals surface area contributed by atoms with Gasteiger partial charge in [0.1, 0.15) is 0 Å². The molecule has 2 rings (SSSR count). The van der Waals surface area contributed by atoms with Gasteiger partial charge in [-0.2, -0.15) is 0 Å². The first kappa shape index (κ1) is 14.0. The molecular formula is C15H14BrF2N. The van der Waals surface area contributed by atoms with E-state index in [1.807, 2.05) is 32.0 Å². The number of hydrogen-bond donors (Lipinski definition) is 1. The molecule has 0 aliphatic carbocycles. The van der Waals surface area contributed by atoms with E-state index in [2.05, 4.69) is 21.2 Å². The smallest absolute Gasteiger partial charge is 0.159 e. The van der Waals surface area contributed by atoms with Crippen LogP contribution in [0.25, 0.3) is 0 Å². The Morgan fingerprint density at radius 1 is 1.05 bits per heavy atom. The predicted octanol–water partition coefficient (Wildman–Crippen LogP) is 5.21. The third-order valence-electron chi connectivity index (χ3n) is 2.94. The number of benzene rings is 2. The van der Waals surface area contributed by atoms with Crippen LogP contribution in [0.3, 0.4) is 0 Å². The lowest BCUT2D eigenvalue weighted by Gasteiger charge is -2.17. The van der Waals surface area contributed by atoms with Gasteiger partial charge in [0.15, 0.2) is 11.6 Å². The van der Waals surface area contributed by atoms with Crippen LogP contribution in [0.4, 0.5) is 14.5 Å². The van der Waals surface area contributed by atoms with E-state index < -0.39 is 11.6 Å². The fourth-order valence-electron chi connectivity index (χ4n) is 1.84. The van der Waals surface area contributed by atoms with Crippen LogP contribution in [-0.4, -0.2) is 0 Å². The van der Waals surface area contributed by atoms with Gasteiger partial charge in [-0.1, -0.05) is 12.1 Å². The van der Waals surface area contributed by atoms with Gasteiger partial charge in [0.05, 0.1) is 0 Å². The molecule has 0 heterocycles. The van der Waals surface area contributed by atoms with Crippen LogP contribution in [0, 0.1) is 18.6 Å². The number of nitrogens with one attached hydrogen (secondary N) is 1. The van der Waals surface area contributed by atoms with Crippen molar-refractivity contribution in [3.8, 4) is 0 Å². The fraction of sp³-hybridized carbons (Fsp3) is 0.200. The number of anilines is 1. The summed E-state index contributed by atoms with van der Waals surface area (Å²) in [6, 6.07) is 9.77. The second kappa shape index (κ2) is 5.70. The molecule has 0 bridgehead atoms. The Labute approximate surface area is 119 Å². The van der Waals surface area contributed by atoms with E-state index >= 15 is 0 Å². The van der Waals surface area contributed by atoms with E-state index in [0.29, 0.717) is 5.56 Å². The number of rotatable bonds is 3. The van der Waals surface area contributed by atoms with Gasteiger partial charge >= 0.3 is 0 Å². The quantitative estimate of drug-likeness (QED) is 0.816. The van der Waals surface area contributed by atoms with E-state index in [4.69, 9.17) is 0 Å². The Bertz CT molecular complexity index is 599. The van der Waals surface area contributed by atoms with Crippen molar-refractivity contribution < 1.29 is 8.78 Å². The van der Waals surface area contributed by atoms with Crippen molar-refractivity contribution in [3.63, 3.8) is 0 Å². The van der Waals surface area contributed by atoms with Crippen molar-refractivity contribution in [1.29, 1.82) is 0 Å². The lowest BCUT2D eigenvalue weighted by molar-refractivity contribution is 0.506. The predicted molar refractivity (Wildman–Crippen MR) is 77.3 cm³/mol. The van der Waals surface area contributed by atoms with Crippen molar-refractivity contribution in [3.05, 3.63) is 63.6 Å². The molecule has 2 aromatic carbocycles. The minimum atomic E-state index is -0.826. The lowest BCUT2D eigenvalue weighted by Crippen LogP contribution is -2.07. The molecule has 0 aliphatic rings. The van der Waals surface area contributed by atoms with Gasteiger partial charge in [-0.25, -0.2) is 8.78 Å². The first-order valence-electron chi connectivity index (χ1n) is 5.95. The van der Waals surface area contributed by atoms with Crippen LogP contribution in [0.1, 0.15) is 24.1 Å². The van der Waals surface area contributed by atoms with Crippen LogP contribution in [0.2, 0.25) is 0 Å². The van der Waals surface area contributed by atoms with Gasteiger partial charge in [0.25, 0.3) is 0 Å².